The average Bonchev–Trinajstić information content (AvgIpc) is 3.13. The molecule has 0 bridgehead atoms. The number of methoxy groups -OCH3 is 1. The summed E-state index contributed by atoms with van der Waals surface area (Å²) in [4.78, 5) is 16.7. The number of amides is 1. The van der Waals surface area contributed by atoms with Crippen LogP contribution in [0.25, 0.3) is 0 Å². The van der Waals surface area contributed by atoms with E-state index < -0.39 is 23.4 Å². The van der Waals surface area contributed by atoms with Gasteiger partial charge in [-0.05, 0) is 25.8 Å². The second-order valence-electron chi connectivity index (χ2n) is 6.28. The van der Waals surface area contributed by atoms with Crippen LogP contribution < -0.4 is 5.32 Å². The number of H-pyrrole nitrogens is 1. The van der Waals surface area contributed by atoms with E-state index in [9.17, 15) is 18.0 Å². The van der Waals surface area contributed by atoms with Crippen molar-refractivity contribution in [1.29, 1.82) is 0 Å². The van der Waals surface area contributed by atoms with Crippen LogP contribution >= 0.6 is 0 Å². The number of aromatic amines is 1. The Labute approximate surface area is 154 Å². The molecule has 0 fully saturated rings. The van der Waals surface area contributed by atoms with Gasteiger partial charge in [0.1, 0.15) is 11.6 Å². The van der Waals surface area contributed by atoms with E-state index in [-0.39, 0.29) is 23.9 Å². The predicted molar refractivity (Wildman–Crippen MR) is 92.0 cm³/mol. The minimum absolute atomic E-state index is 0.0124. The van der Waals surface area contributed by atoms with E-state index in [2.05, 4.69) is 24.9 Å². The Morgan fingerprint density at radius 1 is 1.41 bits per heavy atom. The van der Waals surface area contributed by atoms with E-state index in [0.717, 1.165) is 11.8 Å². The van der Waals surface area contributed by atoms with Crippen LogP contribution in [0.3, 0.4) is 0 Å². The molecule has 2 aromatic rings. The molecule has 0 unspecified atom stereocenters. The SMILES string of the molecule is COC[C@H](C)CC(=Nc1cc(C)[nH]n1)NC(=O)c1cc(C)oc1C(F)(F)F. The molecule has 10 heteroatoms. The van der Waals surface area contributed by atoms with Crippen molar-refractivity contribution in [3.05, 3.63) is 34.9 Å². The molecular weight excluding hydrogens is 365 g/mol. The van der Waals surface area contributed by atoms with E-state index >= 15 is 0 Å². The highest BCUT2D eigenvalue weighted by Crippen LogP contribution is 2.34. The third-order valence-corrected chi connectivity index (χ3v) is 3.55. The van der Waals surface area contributed by atoms with E-state index in [1.165, 1.54) is 14.0 Å². The second-order valence-corrected chi connectivity index (χ2v) is 6.28. The maximum absolute atomic E-state index is 13.1. The van der Waals surface area contributed by atoms with Gasteiger partial charge in [-0.15, -0.1) is 0 Å². The van der Waals surface area contributed by atoms with Crippen molar-refractivity contribution in [1.82, 2.24) is 15.5 Å². The number of hydrogen-bond donors (Lipinski definition) is 2. The molecule has 0 aromatic carbocycles. The summed E-state index contributed by atoms with van der Waals surface area (Å²) in [5.41, 5.74) is 0.166. The van der Waals surface area contributed by atoms with Gasteiger partial charge in [0.25, 0.3) is 5.91 Å². The summed E-state index contributed by atoms with van der Waals surface area (Å²) in [5.74, 6) is -1.83. The standard InChI is InChI=1S/C17H21F3N4O3/c1-9(8-26-4)5-13(21-14-6-10(2)23-24-14)22-16(25)12-7-11(3)27-15(12)17(18,19)20/h6-7,9H,5,8H2,1-4H3,(H2,21,22,23,24,25)/t9-/m1/s1. The minimum atomic E-state index is -4.78. The molecule has 7 nitrogen and oxygen atoms in total. The van der Waals surface area contributed by atoms with Gasteiger partial charge < -0.3 is 14.5 Å². The van der Waals surface area contributed by atoms with Crippen molar-refractivity contribution in [2.75, 3.05) is 13.7 Å². The number of furan rings is 1. The lowest BCUT2D eigenvalue weighted by Gasteiger charge is -2.14. The number of aromatic nitrogens is 2. The summed E-state index contributed by atoms with van der Waals surface area (Å²) in [7, 11) is 1.53. The van der Waals surface area contributed by atoms with E-state index in [1.807, 2.05) is 6.92 Å². The van der Waals surface area contributed by atoms with Crippen molar-refractivity contribution in [3.63, 3.8) is 0 Å². The van der Waals surface area contributed by atoms with Gasteiger partial charge in [-0.1, -0.05) is 6.92 Å². The first-order valence-corrected chi connectivity index (χ1v) is 8.17. The topological polar surface area (TPSA) is 92.5 Å². The van der Waals surface area contributed by atoms with Gasteiger partial charge in [-0.25, -0.2) is 4.99 Å². The molecule has 0 aliphatic rings. The number of ether oxygens (including phenoxy) is 1. The fraction of sp³-hybridized carbons (Fsp3) is 0.471. The van der Waals surface area contributed by atoms with Crippen LogP contribution in [-0.2, 0) is 10.9 Å². The Bertz CT molecular complexity index is 824. The lowest BCUT2D eigenvalue weighted by atomic mass is 10.1. The number of alkyl halides is 3. The Balaban J connectivity index is 2.29. The lowest BCUT2D eigenvalue weighted by molar-refractivity contribution is -0.153. The number of nitrogens with zero attached hydrogens (tertiary/aromatic N) is 2. The highest BCUT2D eigenvalue weighted by atomic mass is 19.4. The predicted octanol–water partition coefficient (Wildman–Crippen LogP) is 3.77. The molecule has 0 radical (unpaired) electrons. The largest absolute Gasteiger partial charge is 0.456 e. The number of halogens is 3. The van der Waals surface area contributed by atoms with Crippen LogP contribution in [0.2, 0.25) is 0 Å². The molecule has 1 atom stereocenters. The van der Waals surface area contributed by atoms with E-state index in [0.29, 0.717) is 12.4 Å². The van der Waals surface area contributed by atoms with Gasteiger partial charge in [-0.2, -0.15) is 18.3 Å². The maximum Gasteiger partial charge on any atom is 0.450 e. The zero-order valence-electron chi connectivity index (χ0n) is 15.4. The van der Waals surface area contributed by atoms with Gasteiger partial charge in [-0.3, -0.25) is 9.89 Å². The van der Waals surface area contributed by atoms with Crippen LogP contribution in [-0.4, -0.2) is 35.7 Å². The van der Waals surface area contributed by atoms with Crippen molar-refractivity contribution in [2.24, 2.45) is 10.9 Å². The summed E-state index contributed by atoms with van der Waals surface area (Å²) in [6.07, 6.45) is -4.50. The molecule has 0 aliphatic carbocycles. The average molecular weight is 386 g/mol. The third kappa shape index (κ3) is 5.68. The fourth-order valence-corrected chi connectivity index (χ4v) is 2.49. The monoisotopic (exact) mass is 386 g/mol. The quantitative estimate of drug-likeness (QED) is 0.584. The molecule has 2 heterocycles. The summed E-state index contributed by atoms with van der Waals surface area (Å²) in [6, 6.07) is 2.70. The first-order valence-electron chi connectivity index (χ1n) is 8.17. The molecule has 0 saturated carbocycles. The number of amidine groups is 1. The third-order valence-electron chi connectivity index (χ3n) is 3.55. The molecule has 0 spiro atoms. The smallest absolute Gasteiger partial charge is 0.450 e. The molecule has 2 rings (SSSR count). The van der Waals surface area contributed by atoms with E-state index in [1.54, 1.807) is 13.0 Å². The van der Waals surface area contributed by atoms with Gasteiger partial charge in [0.05, 0.1) is 5.56 Å². The van der Waals surface area contributed by atoms with E-state index in [4.69, 9.17) is 4.74 Å². The zero-order chi connectivity index (χ0) is 20.2. The highest BCUT2D eigenvalue weighted by Gasteiger charge is 2.40. The molecular formula is C17H21F3N4O3. The van der Waals surface area contributed by atoms with Crippen LogP contribution in [0.15, 0.2) is 21.5 Å². The number of aliphatic imine (C=N–C) groups is 1. The number of carbonyl (C=O) groups excluding carboxylic acids is 1. The Morgan fingerprint density at radius 3 is 2.67 bits per heavy atom. The summed E-state index contributed by atoms with van der Waals surface area (Å²) in [5, 5.41) is 9.12. The van der Waals surface area contributed by atoms with Gasteiger partial charge >= 0.3 is 6.18 Å². The molecule has 2 N–H and O–H groups in total. The first-order chi connectivity index (χ1) is 12.6. The second kappa shape index (κ2) is 8.38. The van der Waals surface area contributed by atoms with Crippen molar-refractivity contribution in [2.45, 2.75) is 33.4 Å². The minimum Gasteiger partial charge on any atom is -0.456 e. The number of aryl methyl sites for hydroxylation is 2. The molecule has 0 saturated heterocycles. The zero-order valence-corrected chi connectivity index (χ0v) is 15.4. The lowest BCUT2D eigenvalue weighted by Crippen LogP contribution is -2.33. The fourth-order valence-electron chi connectivity index (χ4n) is 2.49. The van der Waals surface area contributed by atoms with Crippen molar-refractivity contribution < 1.29 is 27.1 Å². The van der Waals surface area contributed by atoms with Crippen LogP contribution in [0, 0.1) is 19.8 Å². The summed E-state index contributed by atoms with van der Waals surface area (Å²) >= 11 is 0. The molecule has 27 heavy (non-hydrogen) atoms. The number of hydrogen-bond acceptors (Lipinski definition) is 5. The molecule has 2 aromatic heterocycles. The van der Waals surface area contributed by atoms with Crippen LogP contribution in [0.5, 0.6) is 0 Å². The van der Waals surface area contributed by atoms with Crippen molar-refractivity contribution >= 4 is 17.6 Å². The Hall–Kier alpha value is -2.62. The first kappa shape index (κ1) is 20.7. The van der Waals surface area contributed by atoms with Crippen LogP contribution in [0.1, 0.15) is 40.9 Å². The molecule has 1 amide bonds. The number of carbonyl (C=O) groups is 1. The Kier molecular flexibility index (Phi) is 6.42. The van der Waals surface area contributed by atoms with Gasteiger partial charge in [0.2, 0.25) is 5.76 Å². The molecule has 0 aliphatic heterocycles. The van der Waals surface area contributed by atoms with Gasteiger partial charge in [0, 0.05) is 31.9 Å². The Morgan fingerprint density at radius 2 is 2.11 bits per heavy atom. The van der Waals surface area contributed by atoms with Gasteiger partial charge in [0.15, 0.2) is 5.82 Å². The summed E-state index contributed by atoms with van der Waals surface area (Å²) in [6.45, 7) is 5.38. The molecule has 148 valence electrons. The van der Waals surface area contributed by atoms with Crippen molar-refractivity contribution in [3.8, 4) is 0 Å². The number of rotatable bonds is 6. The normalized spacial score (nSPS) is 13.7. The summed E-state index contributed by atoms with van der Waals surface area (Å²) < 4.78 is 49.0. The number of nitrogens with one attached hydrogen (secondary N) is 2. The maximum atomic E-state index is 13.1. The highest BCUT2D eigenvalue weighted by molar-refractivity contribution is 6.07. The van der Waals surface area contributed by atoms with Crippen LogP contribution in [0.4, 0.5) is 19.0 Å².